The highest BCUT2D eigenvalue weighted by Gasteiger charge is 2.23. The number of hydrogen-bond donors (Lipinski definition) is 2. The molecular weight excluding hydrogens is 468 g/mol. The van der Waals surface area contributed by atoms with Crippen molar-refractivity contribution in [1.29, 1.82) is 0 Å². The zero-order chi connectivity index (χ0) is 24.9. The molecule has 4 rings (SSSR count). The van der Waals surface area contributed by atoms with E-state index in [1.54, 1.807) is 73.0 Å². The number of nitrogens with zero attached hydrogens (tertiary/aromatic N) is 2. The fourth-order valence-corrected chi connectivity index (χ4v) is 4.36. The number of fused-ring (bicyclic) bond motifs is 1. The molecule has 4 aromatic rings. The van der Waals surface area contributed by atoms with Gasteiger partial charge in [-0.3, -0.25) is 14.4 Å². The lowest BCUT2D eigenvalue weighted by molar-refractivity contribution is -0.116. The number of aromatic nitrogens is 2. The fraction of sp³-hybridized carbons (Fsp3) is 0.160. The van der Waals surface area contributed by atoms with Gasteiger partial charge in [0.05, 0.1) is 12.2 Å². The van der Waals surface area contributed by atoms with Crippen molar-refractivity contribution in [2.24, 2.45) is 0 Å². The van der Waals surface area contributed by atoms with E-state index in [9.17, 15) is 19.2 Å². The van der Waals surface area contributed by atoms with Crippen LogP contribution in [-0.4, -0.2) is 39.7 Å². The summed E-state index contributed by atoms with van der Waals surface area (Å²) in [5, 5.41) is 6.10. The summed E-state index contributed by atoms with van der Waals surface area (Å²) in [6.45, 7) is 3.52. The van der Waals surface area contributed by atoms with E-state index in [0.717, 1.165) is 0 Å². The number of ketones is 1. The number of carbonyl (C=O) groups excluding carboxylic acids is 4. The molecule has 0 unspecified atom stereocenters. The van der Waals surface area contributed by atoms with Gasteiger partial charge >= 0.3 is 5.97 Å². The minimum atomic E-state index is -0.770. The van der Waals surface area contributed by atoms with Gasteiger partial charge in [-0.05, 0) is 32.0 Å². The number of hydrogen-bond acceptors (Lipinski definition) is 7. The predicted octanol–water partition coefficient (Wildman–Crippen LogP) is 4.04. The normalized spacial score (nSPS) is 10.7. The Morgan fingerprint density at radius 2 is 1.71 bits per heavy atom. The quantitative estimate of drug-likeness (QED) is 0.219. The number of para-hydroxylation sites is 2. The Hall–Kier alpha value is -4.31. The molecule has 0 fully saturated rings. The lowest BCUT2D eigenvalue weighted by Crippen LogP contribution is -2.23. The zero-order valence-electron chi connectivity index (χ0n) is 19.0. The average Bonchev–Trinajstić information content (AvgIpc) is 3.39. The number of carbonyl (C=O) groups is 4. The molecule has 0 radical (unpaired) electrons. The molecule has 0 spiro atoms. The molecule has 0 saturated heterocycles. The van der Waals surface area contributed by atoms with Gasteiger partial charge in [-0.1, -0.05) is 36.4 Å². The number of thiazole rings is 1. The van der Waals surface area contributed by atoms with E-state index < -0.39 is 23.6 Å². The largest absolute Gasteiger partial charge is 0.461 e. The second-order valence-corrected chi connectivity index (χ2v) is 8.73. The van der Waals surface area contributed by atoms with Gasteiger partial charge in [-0.2, -0.15) is 0 Å². The summed E-state index contributed by atoms with van der Waals surface area (Å²) in [5.74, 6) is -2.43. The maximum absolute atomic E-state index is 12.9. The van der Waals surface area contributed by atoms with Crippen LogP contribution >= 0.6 is 11.3 Å². The molecule has 0 aliphatic carbocycles. The van der Waals surface area contributed by atoms with Crippen LogP contribution in [0.5, 0.6) is 0 Å². The second kappa shape index (κ2) is 10.3. The van der Waals surface area contributed by atoms with Gasteiger partial charge < -0.3 is 19.9 Å². The lowest BCUT2D eigenvalue weighted by Gasteiger charge is -2.05. The third kappa shape index (κ3) is 5.28. The summed E-state index contributed by atoms with van der Waals surface area (Å²) < 4.78 is 6.57. The molecule has 0 aliphatic heterocycles. The maximum Gasteiger partial charge on any atom is 0.358 e. The maximum atomic E-state index is 12.9. The van der Waals surface area contributed by atoms with Crippen molar-refractivity contribution in [1.82, 2.24) is 9.55 Å². The van der Waals surface area contributed by atoms with E-state index >= 15 is 0 Å². The van der Waals surface area contributed by atoms with Gasteiger partial charge in [0.15, 0.2) is 10.8 Å². The average molecular weight is 491 g/mol. The first-order valence-electron chi connectivity index (χ1n) is 10.8. The molecule has 9 nitrogen and oxygen atoms in total. The van der Waals surface area contributed by atoms with Crippen molar-refractivity contribution < 1.29 is 23.9 Å². The monoisotopic (exact) mass is 490 g/mol. The molecular formula is C25H22N4O5S. The van der Waals surface area contributed by atoms with Gasteiger partial charge in [0, 0.05) is 27.7 Å². The number of aryl methyl sites for hydroxylation is 1. The number of benzene rings is 2. The Morgan fingerprint density at radius 1 is 1.00 bits per heavy atom. The van der Waals surface area contributed by atoms with Gasteiger partial charge in [0.25, 0.3) is 11.7 Å². The molecule has 2 aromatic heterocycles. The van der Waals surface area contributed by atoms with Crippen molar-refractivity contribution >= 4 is 56.6 Å². The number of ether oxygens (including phenoxy) is 1. The Kier molecular flexibility index (Phi) is 7.02. The summed E-state index contributed by atoms with van der Waals surface area (Å²) in [6, 6.07) is 15.7. The SMILES string of the molecule is CCOC(=O)c1nc(NC(=O)Cn2cc(C(=O)C(=O)Nc3ccccc3)c3ccccc32)sc1C. The van der Waals surface area contributed by atoms with E-state index in [-0.39, 0.29) is 29.5 Å². The topological polar surface area (TPSA) is 119 Å². The highest BCUT2D eigenvalue weighted by atomic mass is 32.1. The van der Waals surface area contributed by atoms with Crippen LogP contribution in [0.15, 0.2) is 60.8 Å². The molecule has 0 saturated carbocycles. The summed E-state index contributed by atoms with van der Waals surface area (Å²) in [6.07, 6.45) is 1.49. The first-order chi connectivity index (χ1) is 16.9. The van der Waals surface area contributed by atoms with Crippen molar-refractivity contribution in [3.8, 4) is 0 Å². The number of rotatable bonds is 8. The van der Waals surface area contributed by atoms with Crippen LogP contribution < -0.4 is 10.6 Å². The van der Waals surface area contributed by atoms with Gasteiger partial charge in [-0.25, -0.2) is 9.78 Å². The fourth-order valence-electron chi connectivity index (χ4n) is 3.54. The summed E-state index contributed by atoms with van der Waals surface area (Å²) in [4.78, 5) is 55.0. The van der Waals surface area contributed by atoms with E-state index in [4.69, 9.17) is 4.74 Å². The van der Waals surface area contributed by atoms with E-state index in [2.05, 4.69) is 15.6 Å². The van der Waals surface area contributed by atoms with Gasteiger partial charge in [0.1, 0.15) is 6.54 Å². The van der Waals surface area contributed by atoms with Crippen LogP contribution in [0, 0.1) is 6.92 Å². The number of amides is 2. The molecule has 178 valence electrons. The number of nitrogens with one attached hydrogen (secondary N) is 2. The van der Waals surface area contributed by atoms with Crippen molar-refractivity contribution in [3.05, 3.63) is 76.9 Å². The van der Waals surface area contributed by atoms with Gasteiger partial charge in [0.2, 0.25) is 5.91 Å². The van der Waals surface area contributed by atoms with E-state index in [1.165, 1.54) is 17.5 Å². The van der Waals surface area contributed by atoms with Crippen LogP contribution in [0.2, 0.25) is 0 Å². The predicted molar refractivity (Wildman–Crippen MR) is 133 cm³/mol. The van der Waals surface area contributed by atoms with Gasteiger partial charge in [-0.15, -0.1) is 11.3 Å². The Bertz CT molecular complexity index is 1420. The highest BCUT2D eigenvalue weighted by Crippen LogP contribution is 2.25. The zero-order valence-corrected chi connectivity index (χ0v) is 19.8. The standard InChI is InChI=1S/C25H22N4O5S/c1-3-34-24(33)21-15(2)35-25(28-21)27-20(30)14-29-13-18(17-11-7-8-12-19(17)29)22(31)23(32)26-16-9-5-4-6-10-16/h4-13H,3,14H2,1-2H3,(H,26,32)(H,27,28,30). The molecule has 10 heteroatoms. The second-order valence-electron chi connectivity index (χ2n) is 7.53. The summed E-state index contributed by atoms with van der Waals surface area (Å²) >= 11 is 1.17. The van der Waals surface area contributed by atoms with E-state index in [1.807, 2.05) is 0 Å². The Labute approximate surface area is 204 Å². The molecule has 2 N–H and O–H groups in total. The molecule has 35 heavy (non-hydrogen) atoms. The van der Waals surface area contributed by atoms with Crippen LogP contribution in [0.3, 0.4) is 0 Å². The Balaban J connectivity index is 1.53. The highest BCUT2D eigenvalue weighted by molar-refractivity contribution is 7.16. The van der Waals surface area contributed by atoms with Crippen molar-refractivity contribution in [2.75, 3.05) is 17.2 Å². The van der Waals surface area contributed by atoms with Crippen LogP contribution in [0.1, 0.15) is 32.6 Å². The van der Waals surface area contributed by atoms with Crippen molar-refractivity contribution in [2.45, 2.75) is 20.4 Å². The third-order valence-corrected chi connectivity index (χ3v) is 5.98. The molecule has 2 heterocycles. The minimum absolute atomic E-state index is 0.124. The first-order valence-corrected chi connectivity index (χ1v) is 11.6. The molecule has 0 atom stereocenters. The molecule has 2 amide bonds. The molecule has 0 bridgehead atoms. The molecule has 2 aromatic carbocycles. The lowest BCUT2D eigenvalue weighted by atomic mass is 10.1. The van der Waals surface area contributed by atoms with Crippen molar-refractivity contribution in [3.63, 3.8) is 0 Å². The number of anilines is 2. The number of Topliss-reactive ketones (excluding diaryl/α,β-unsaturated/α-hetero) is 1. The minimum Gasteiger partial charge on any atom is -0.461 e. The van der Waals surface area contributed by atoms with E-state index in [0.29, 0.717) is 21.5 Å². The Morgan fingerprint density at radius 3 is 2.46 bits per heavy atom. The van der Waals surface area contributed by atoms with Crippen LogP contribution in [0.25, 0.3) is 10.9 Å². The first kappa shape index (κ1) is 23.8. The molecule has 0 aliphatic rings. The number of esters is 1. The van der Waals surface area contributed by atoms with Crippen LogP contribution in [0.4, 0.5) is 10.8 Å². The van der Waals surface area contributed by atoms with Crippen LogP contribution in [-0.2, 0) is 20.9 Å². The third-order valence-electron chi connectivity index (χ3n) is 5.10. The summed E-state index contributed by atoms with van der Waals surface area (Å²) in [5.41, 5.74) is 1.49. The summed E-state index contributed by atoms with van der Waals surface area (Å²) in [7, 11) is 0. The smallest absolute Gasteiger partial charge is 0.358 e.